The molecular weight excluding hydrogens is 186 g/mol. The fraction of sp³-hybridized carbons (Fsp3) is 0.385. The van der Waals surface area contributed by atoms with Crippen LogP contribution in [0.2, 0.25) is 0 Å². The van der Waals surface area contributed by atoms with Gasteiger partial charge in [-0.2, -0.15) is 0 Å². The first-order valence-electron chi connectivity index (χ1n) is 5.43. The second-order valence-corrected chi connectivity index (χ2v) is 4.18. The van der Waals surface area contributed by atoms with Crippen LogP contribution in [0.5, 0.6) is 0 Å². The minimum absolute atomic E-state index is 0.499. The van der Waals surface area contributed by atoms with Crippen LogP contribution in [0.4, 0.5) is 0 Å². The molecule has 15 heavy (non-hydrogen) atoms. The molecule has 1 aromatic carbocycles. The maximum Gasteiger partial charge on any atom is 0.137 e. The van der Waals surface area contributed by atoms with E-state index < -0.39 is 0 Å². The SMILES string of the molecule is CC(C)c1coc2c(CCN)cccc12. The fourth-order valence-electron chi connectivity index (χ4n) is 1.94. The molecule has 0 aliphatic rings. The number of hydrogen-bond donors (Lipinski definition) is 1. The number of benzene rings is 1. The van der Waals surface area contributed by atoms with E-state index >= 15 is 0 Å². The standard InChI is InChI=1S/C13H17NO/c1-9(2)12-8-15-13-10(6-7-14)4-3-5-11(12)13/h3-5,8-9H,6-7,14H2,1-2H3. The van der Waals surface area contributed by atoms with Gasteiger partial charge in [-0.1, -0.05) is 32.0 Å². The quantitative estimate of drug-likeness (QED) is 0.832. The van der Waals surface area contributed by atoms with Gasteiger partial charge in [-0.15, -0.1) is 0 Å². The average Bonchev–Trinajstić information content (AvgIpc) is 2.62. The molecular formula is C13H17NO. The predicted molar refractivity (Wildman–Crippen MR) is 63.1 cm³/mol. The summed E-state index contributed by atoms with van der Waals surface area (Å²) >= 11 is 0. The molecule has 0 aliphatic carbocycles. The van der Waals surface area contributed by atoms with E-state index in [9.17, 15) is 0 Å². The number of nitrogens with two attached hydrogens (primary N) is 1. The lowest BCUT2D eigenvalue weighted by Crippen LogP contribution is -2.02. The number of hydrogen-bond acceptors (Lipinski definition) is 2. The average molecular weight is 203 g/mol. The van der Waals surface area contributed by atoms with Crippen molar-refractivity contribution >= 4 is 11.0 Å². The largest absolute Gasteiger partial charge is 0.464 e. The van der Waals surface area contributed by atoms with Gasteiger partial charge in [0.1, 0.15) is 5.58 Å². The molecule has 80 valence electrons. The number of fused-ring (bicyclic) bond motifs is 1. The Labute approximate surface area is 90.1 Å². The second-order valence-electron chi connectivity index (χ2n) is 4.18. The molecule has 0 radical (unpaired) electrons. The number of para-hydroxylation sites is 1. The van der Waals surface area contributed by atoms with E-state index in [1.807, 2.05) is 6.26 Å². The molecule has 2 aromatic rings. The van der Waals surface area contributed by atoms with E-state index in [-0.39, 0.29) is 0 Å². The molecule has 2 nitrogen and oxygen atoms in total. The molecule has 0 saturated carbocycles. The fourth-order valence-corrected chi connectivity index (χ4v) is 1.94. The molecule has 0 spiro atoms. The maximum atomic E-state index is 5.64. The van der Waals surface area contributed by atoms with E-state index in [1.54, 1.807) is 0 Å². The van der Waals surface area contributed by atoms with Gasteiger partial charge in [-0.05, 0) is 24.4 Å². The lowest BCUT2D eigenvalue weighted by Gasteiger charge is -2.02. The van der Waals surface area contributed by atoms with Gasteiger partial charge < -0.3 is 10.2 Å². The molecule has 2 rings (SSSR count). The van der Waals surface area contributed by atoms with Crippen LogP contribution in [-0.4, -0.2) is 6.54 Å². The summed E-state index contributed by atoms with van der Waals surface area (Å²) in [5, 5.41) is 1.23. The van der Waals surface area contributed by atoms with Gasteiger partial charge in [-0.3, -0.25) is 0 Å². The molecule has 2 N–H and O–H groups in total. The Balaban J connectivity index is 2.58. The third-order valence-electron chi connectivity index (χ3n) is 2.75. The Kier molecular flexibility index (Phi) is 2.78. The first kappa shape index (κ1) is 10.2. The number of rotatable bonds is 3. The summed E-state index contributed by atoms with van der Waals surface area (Å²) in [6.45, 7) is 5.02. The molecule has 0 fully saturated rings. The molecule has 0 unspecified atom stereocenters. The minimum Gasteiger partial charge on any atom is -0.464 e. The molecule has 1 aromatic heterocycles. The van der Waals surface area contributed by atoms with Crippen molar-refractivity contribution in [1.82, 2.24) is 0 Å². The Morgan fingerprint density at radius 2 is 2.13 bits per heavy atom. The highest BCUT2D eigenvalue weighted by Crippen LogP contribution is 2.29. The summed E-state index contributed by atoms with van der Waals surface area (Å²) < 4.78 is 5.64. The topological polar surface area (TPSA) is 39.2 Å². The lowest BCUT2D eigenvalue weighted by atomic mass is 10.0. The van der Waals surface area contributed by atoms with Crippen molar-refractivity contribution in [3.05, 3.63) is 35.6 Å². The van der Waals surface area contributed by atoms with E-state index in [0.717, 1.165) is 12.0 Å². The molecule has 1 heterocycles. The van der Waals surface area contributed by atoms with Crippen LogP contribution >= 0.6 is 0 Å². The van der Waals surface area contributed by atoms with Crippen molar-refractivity contribution in [2.75, 3.05) is 6.54 Å². The van der Waals surface area contributed by atoms with Crippen LogP contribution < -0.4 is 5.73 Å². The Morgan fingerprint density at radius 1 is 1.33 bits per heavy atom. The Bertz CT molecular complexity index is 457. The normalized spacial score (nSPS) is 11.5. The predicted octanol–water partition coefficient (Wildman–Crippen LogP) is 3.06. The molecule has 0 bridgehead atoms. The highest BCUT2D eigenvalue weighted by atomic mass is 16.3. The van der Waals surface area contributed by atoms with Crippen molar-refractivity contribution < 1.29 is 4.42 Å². The van der Waals surface area contributed by atoms with Gasteiger partial charge in [-0.25, -0.2) is 0 Å². The van der Waals surface area contributed by atoms with Gasteiger partial charge in [0.25, 0.3) is 0 Å². The van der Waals surface area contributed by atoms with Crippen molar-refractivity contribution in [3.63, 3.8) is 0 Å². The van der Waals surface area contributed by atoms with Crippen LogP contribution in [0.1, 0.15) is 30.9 Å². The first-order valence-corrected chi connectivity index (χ1v) is 5.43. The summed E-state index contributed by atoms with van der Waals surface area (Å²) in [7, 11) is 0. The van der Waals surface area contributed by atoms with Gasteiger partial charge in [0.15, 0.2) is 0 Å². The van der Waals surface area contributed by atoms with E-state index in [4.69, 9.17) is 10.2 Å². The van der Waals surface area contributed by atoms with Crippen LogP contribution in [0.25, 0.3) is 11.0 Å². The van der Waals surface area contributed by atoms with Gasteiger partial charge in [0.05, 0.1) is 6.26 Å². The zero-order valence-electron chi connectivity index (χ0n) is 9.29. The summed E-state index contributed by atoms with van der Waals surface area (Å²) in [6, 6.07) is 6.28. The van der Waals surface area contributed by atoms with Gasteiger partial charge >= 0.3 is 0 Å². The van der Waals surface area contributed by atoms with Crippen molar-refractivity contribution in [2.45, 2.75) is 26.2 Å². The third-order valence-corrected chi connectivity index (χ3v) is 2.75. The Hall–Kier alpha value is -1.28. The van der Waals surface area contributed by atoms with Crippen molar-refractivity contribution in [1.29, 1.82) is 0 Å². The van der Waals surface area contributed by atoms with E-state index in [2.05, 4.69) is 32.0 Å². The van der Waals surface area contributed by atoms with E-state index in [1.165, 1.54) is 16.5 Å². The number of furan rings is 1. The lowest BCUT2D eigenvalue weighted by molar-refractivity contribution is 0.602. The van der Waals surface area contributed by atoms with E-state index in [0.29, 0.717) is 12.5 Å². The second kappa shape index (κ2) is 4.07. The highest BCUT2D eigenvalue weighted by Gasteiger charge is 2.11. The smallest absolute Gasteiger partial charge is 0.137 e. The van der Waals surface area contributed by atoms with Crippen LogP contribution in [0, 0.1) is 0 Å². The van der Waals surface area contributed by atoms with Gasteiger partial charge in [0.2, 0.25) is 0 Å². The molecule has 0 atom stereocenters. The molecule has 0 amide bonds. The molecule has 0 aliphatic heterocycles. The van der Waals surface area contributed by atoms with Crippen LogP contribution in [-0.2, 0) is 6.42 Å². The highest BCUT2D eigenvalue weighted by molar-refractivity contribution is 5.84. The molecule has 2 heteroatoms. The molecule has 0 saturated heterocycles. The maximum absolute atomic E-state index is 5.64. The van der Waals surface area contributed by atoms with Crippen LogP contribution in [0.15, 0.2) is 28.9 Å². The summed E-state index contributed by atoms with van der Waals surface area (Å²) in [6.07, 6.45) is 2.75. The summed E-state index contributed by atoms with van der Waals surface area (Å²) in [4.78, 5) is 0. The van der Waals surface area contributed by atoms with Gasteiger partial charge in [0, 0.05) is 10.9 Å². The monoisotopic (exact) mass is 203 g/mol. The first-order chi connectivity index (χ1) is 7.24. The van der Waals surface area contributed by atoms with Crippen molar-refractivity contribution in [3.8, 4) is 0 Å². The third kappa shape index (κ3) is 1.77. The zero-order chi connectivity index (χ0) is 10.8. The van der Waals surface area contributed by atoms with Crippen LogP contribution in [0.3, 0.4) is 0 Å². The summed E-state index contributed by atoms with van der Waals surface area (Å²) in [5.74, 6) is 0.499. The zero-order valence-corrected chi connectivity index (χ0v) is 9.29. The summed E-state index contributed by atoms with van der Waals surface area (Å²) in [5.41, 5.74) is 9.07. The Morgan fingerprint density at radius 3 is 2.80 bits per heavy atom. The minimum atomic E-state index is 0.499. The van der Waals surface area contributed by atoms with Crippen molar-refractivity contribution in [2.24, 2.45) is 5.73 Å².